The van der Waals surface area contributed by atoms with Gasteiger partial charge in [0.15, 0.2) is 0 Å². The molecule has 2 aromatic rings. The van der Waals surface area contributed by atoms with E-state index >= 15 is 0 Å². The van der Waals surface area contributed by atoms with Crippen LogP contribution in [0.2, 0.25) is 5.15 Å². The molecule has 0 saturated heterocycles. The predicted molar refractivity (Wildman–Crippen MR) is 72.4 cm³/mol. The normalized spacial score (nSPS) is 10.4. The summed E-state index contributed by atoms with van der Waals surface area (Å²) < 4.78 is 13.2. The highest BCUT2D eigenvalue weighted by molar-refractivity contribution is 6.30. The van der Waals surface area contributed by atoms with Crippen LogP contribution in [0.5, 0.6) is 0 Å². The van der Waals surface area contributed by atoms with Gasteiger partial charge in [0.2, 0.25) is 0 Å². The van der Waals surface area contributed by atoms with Crippen LogP contribution in [-0.4, -0.2) is 11.5 Å². The van der Waals surface area contributed by atoms with Gasteiger partial charge in [-0.3, -0.25) is 0 Å². The van der Waals surface area contributed by atoms with Crippen molar-refractivity contribution in [2.24, 2.45) is 0 Å². The average Bonchev–Trinajstić information content (AvgIpc) is 2.38. The van der Waals surface area contributed by atoms with Crippen molar-refractivity contribution >= 4 is 17.3 Å². The molecule has 18 heavy (non-hydrogen) atoms. The number of nitrogens with zero attached hydrogens (tertiary/aromatic N) is 2. The second-order valence-corrected chi connectivity index (χ2v) is 4.31. The van der Waals surface area contributed by atoms with Gasteiger partial charge < -0.3 is 4.90 Å². The van der Waals surface area contributed by atoms with Gasteiger partial charge in [0, 0.05) is 30.5 Å². The van der Waals surface area contributed by atoms with Crippen LogP contribution in [0, 0.1) is 5.82 Å². The molecule has 2 nitrogen and oxygen atoms in total. The first kappa shape index (κ1) is 12.8. The SMILES string of the molecule is CCN(Cc1cccnc1Cl)c1cccc(F)c1. The first-order chi connectivity index (χ1) is 8.70. The van der Waals surface area contributed by atoms with E-state index in [2.05, 4.69) is 4.98 Å². The van der Waals surface area contributed by atoms with Gasteiger partial charge in [0.05, 0.1) is 0 Å². The molecule has 1 aromatic heterocycles. The molecule has 0 saturated carbocycles. The van der Waals surface area contributed by atoms with Gasteiger partial charge in [-0.05, 0) is 31.2 Å². The molecular weight excluding hydrogens is 251 g/mol. The average molecular weight is 265 g/mol. The van der Waals surface area contributed by atoms with Gasteiger partial charge in [-0.2, -0.15) is 0 Å². The molecule has 1 aromatic carbocycles. The Morgan fingerprint density at radius 2 is 2.11 bits per heavy atom. The zero-order valence-electron chi connectivity index (χ0n) is 10.1. The summed E-state index contributed by atoms with van der Waals surface area (Å²) in [4.78, 5) is 6.09. The first-order valence-corrected chi connectivity index (χ1v) is 6.18. The minimum absolute atomic E-state index is 0.233. The van der Waals surface area contributed by atoms with Gasteiger partial charge in [0.25, 0.3) is 0 Å². The number of hydrogen-bond acceptors (Lipinski definition) is 2. The summed E-state index contributed by atoms with van der Waals surface area (Å²) in [5, 5.41) is 0.493. The van der Waals surface area contributed by atoms with Crippen LogP contribution < -0.4 is 4.90 Å². The van der Waals surface area contributed by atoms with Crippen LogP contribution in [0.4, 0.5) is 10.1 Å². The van der Waals surface area contributed by atoms with Gasteiger partial charge in [-0.25, -0.2) is 9.37 Å². The van der Waals surface area contributed by atoms with E-state index in [1.54, 1.807) is 12.3 Å². The van der Waals surface area contributed by atoms with E-state index in [0.717, 1.165) is 17.8 Å². The van der Waals surface area contributed by atoms with Crippen LogP contribution in [-0.2, 0) is 6.54 Å². The van der Waals surface area contributed by atoms with Gasteiger partial charge in [-0.1, -0.05) is 23.7 Å². The summed E-state index contributed by atoms with van der Waals surface area (Å²) in [5.41, 5.74) is 1.78. The molecule has 0 amide bonds. The van der Waals surface area contributed by atoms with E-state index in [9.17, 15) is 4.39 Å². The summed E-state index contributed by atoms with van der Waals surface area (Å²) >= 11 is 6.03. The van der Waals surface area contributed by atoms with Crippen LogP contribution in [0.1, 0.15) is 12.5 Å². The summed E-state index contributed by atoms with van der Waals surface area (Å²) in [5.74, 6) is -0.233. The second-order valence-electron chi connectivity index (χ2n) is 3.95. The first-order valence-electron chi connectivity index (χ1n) is 5.80. The van der Waals surface area contributed by atoms with E-state index in [4.69, 9.17) is 11.6 Å². The number of halogens is 2. The molecule has 0 atom stereocenters. The lowest BCUT2D eigenvalue weighted by atomic mass is 10.2. The lowest BCUT2D eigenvalue weighted by Crippen LogP contribution is -2.22. The number of anilines is 1. The predicted octanol–water partition coefficient (Wildman–Crippen LogP) is 3.90. The molecule has 0 N–H and O–H groups in total. The Balaban J connectivity index is 2.23. The zero-order chi connectivity index (χ0) is 13.0. The Labute approximate surface area is 111 Å². The van der Waals surface area contributed by atoms with Crippen molar-refractivity contribution in [2.45, 2.75) is 13.5 Å². The topological polar surface area (TPSA) is 16.1 Å². The highest BCUT2D eigenvalue weighted by atomic mass is 35.5. The summed E-state index contributed by atoms with van der Waals surface area (Å²) in [6.45, 7) is 3.41. The lowest BCUT2D eigenvalue weighted by molar-refractivity contribution is 0.626. The highest BCUT2D eigenvalue weighted by Gasteiger charge is 2.08. The fourth-order valence-corrected chi connectivity index (χ4v) is 1.98. The van der Waals surface area contributed by atoms with Crippen molar-refractivity contribution in [1.29, 1.82) is 0 Å². The zero-order valence-corrected chi connectivity index (χ0v) is 10.9. The van der Waals surface area contributed by atoms with Crippen molar-refractivity contribution < 1.29 is 4.39 Å². The molecule has 0 spiro atoms. The Morgan fingerprint density at radius 3 is 2.78 bits per heavy atom. The number of benzene rings is 1. The van der Waals surface area contributed by atoms with E-state index in [1.807, 2.05) is 30.0 Å². The molecule has 0 aliphatic carbocycles. The fraction of sp³-hybridized carbons (Fsp3) is 0.214. The monoisotopic (exact) mass is 264 g/mol. The molecule has 0 fully saturated rings. The third-order valence-electron chi connectivity index (χ3n) is 2.75. The Bertz CT molecular complexity index is 531. The quantitative estimate of drug-likeness (QED) is 0.779. The molecular formula is C14H14ClFN2. The van der Waals surface area contributed by atoms with E-state index in [1.165, 1.54) is 12.1 Å². The Kier molecular flexibility index (Phi) is 4.15. The van der Waals surface area contributed by atoms with Crippen LogP contribution in [0.3, 0.4) is 0 Å². The summed E-state index contributed by atoms with van der Waals surface area (Å²) in [6.07, 6.45) is 1.66. The molecule has 4 heteroatoms. The maximum absolute atomic E-state index is 13.2. The third kappa shape index (κ3) is 2.99. The molecule has 0 aliphatic rings. The maximum Gasteiger partial charge on any atom is 0.133 e. The molecule has 1 heterocycles. The lowest BCUT2D eigenvalue weighted by Gasteiger charge is -2.23. The largest absolute Gasteiger partial charge is 0.367 e. The number of pyridine rings is 1. The van der Waals surface area contributed by atoms with Gasteiger partial charge in [-0.15, -0.1) is 0 Å². The standard InChI is InChI=1S/C14H14ClFN2/c1-2-18(13-7-3-6-12(16)9-13)10-11-5-4-8-17-14(11)15/h3-9H,2,10H2,1H3. The van der Waals surface area contributed by atoms with E-state index < -0.39 is 0 Å². The minimum atomic E-state index is -0.233. The molecule has 0 bridgehead atoms. The highest BCUT2D eigenvalue weighted by Crippen LogP contribution is 2.20. The van der Waals surface area contributed by atoms with Crippen molar-refractivity contribution in [1.82, 2.24) is 4.98 Å². The van der Waals surface area contributed by atoms with Crippen LogP contribution in [0.25, 0.3) is 0 Å². The maximum atomic E-state index is 13.2. The molecule has 0 radical (unpaired) electrons. The molecule has 2 rings (SSSR count). The second kappa shape index (κ2) is 5.83. The van der Waals surface area contributed by atoms with E-state index in [0.29, 0.717) is 11.7 Å². The fourth-order valence-electron chi connectivity index (χ4n) is 1.80. The molecule has 94 valence electrons. The molecule has 0 unspecified atom stereocenters. The summed E-state index contributed by atoms with van der Waals surface area (Å²) in [7, 11) is 0. The van der Waals surface area contributed by atoms with Gasteiger partial charge in [0.1, 0.15) is 11.0 Å². The summed E-state index contributed by atoms with van der Waals surface area (Å²) in [6, 6.07) is 10.3. The number of hydrogen-bond donors (Lipinski definition) is 0. The van der Waals surface area contributed by atoms with Crippen LogP contribution >= 0.6 is 11.6 Å². The van der Waals surface area contributed by atoms with Crippen molar-refractivity contribution in [3.8, 4) is 0 Å². The van der Waals surface area contributed by atoms with Crippen LogP contribution in [0.15, 0.2) is 42.6 Å². The Morgan fingerprint density at radius 1 is 1.28 bits per heavy atom. The Hall–Kier alpha value is -1.61. The van der Waals surface area contributed by atoms with E-state index in [-0.39, 0.29) is 5.82 Å². The van der Waals surface area contributed by atoms with Crippen molar-refractivity contribution in [2.75, 3.05) is 11.4 Å². The van der Waals surface area contributed by atoms with Crippen molar-refractivity contribution in [3.63, 3.8) is 0 Å². The smallest absolute Gasteiger partial charge is 0.133 e. The minimum Gasteiger partial charge on any atom is -0.367 e. The number of rotatable bonds is 4. The van der Waals surface area contributed by atoms with Gasteiger partial charge >= 0.3 is 0 Å². The third-order valence-corrected chi connectivity index (χ3v) is 3.09. The molecule has 0 aliphatic heterocycles. The number of aromatic nitrogens is 1. The van der Waals surface area contributed by atoms with Crippen molar-refractivity contribution in [3.05, 3.63) is 59.1 Å².